The molecule has 1 N–H and O–H groups in total. The van der Waals surface area contributed by atoms with Crippen LogP contribution in [0, 0.1) is 5.82 Å². The molecule has 0 spiro atoms. The normalized spacial score (nSPS) is 14.5. The van der Waals surface area contributed by atoms with Crippen LogP contribution in [0.25, 0.3) is 11.3 Å². The van der Waals surface area contributed by atoms with Gasteiger partial charge < -0.3 is 10.1 Å². The average molecular weight is 426 g/mol. The van der Waals surface area contributed by atoms with E-state index in [1.54, 1.807) is 7.11 Å². The van der Waals surface area contributed by atoms with Crippen LogP contribution >= 0.6 is 0 Å². The van der Waals surface area contributed by atoms with Gasteiger partial charge in [0.15, 0.2) is 0 Å². The molecule has 0 bridgehead atoms. The second kappa shape index (κ2) is 8.89. The molecule has 1 heterocycles. The number of hydrogen-bond donors (Lipinski definition) is 1. The number of anilines is 2. The molecule has 1 atom stereocenters. The maximum Gasteiger partial charge on any atom is 0.227 e. The highest BCUT2D eigenvalue weighted by Gasteiger charge is 2.27. The first-order chi connectivity index (χ1) is 15.7. The van der Waals surface area contributed by atoms with E-state index in [2.05, 4.69) is 34.6 Å². The first-order valence-corrected chi connectivity index (χ1v) is 10.8. The highest BCUT2D eigenvalue weighted by molar-refractivity contribution is 5.73. The van der Waals surface area contributed by atoms with Crippen LogP contribution in [0.4, 0.5) is 16.0 Å². The summed E-state index contributed by atoms with van der Waals surface area (Å²) in [6.45, 7) is 0.707. The lowest BCUT2D eigenvalue weighted by atomic mass is 9.78. The number of hydrogen-bond acceptors (Lipinski definition) is 4. The maximum absolute atomic E-state index is 13.5. The number of aromatic nitrogens is 2. The van der Waals surface area contributed by atoms with E-state index in [1.807, 2.05) is 42.6 Å². The average Bonchev–Trinajstić information content (AvgIpc) is 2.84. The fourth-order valence-corrected chi connectivity index (χ4v) is 4.29. The molecular formula is C27H24FN3O. The van der Waals surface area contributed by atoms with Crippen molar-refractivity contribution < 1.29 is 9.13 Å². The van der Waals surface area contributed by atoms with Crippen LogP contribution in [-0.2, 0) is 17.6 Å². The molecule has 1 aliphatic rings. The lowest BCUT2D eigenvalue weighted by molar-refractivity contribution is 0.202. The van der Waals surface area contributed by atoms with Crippen LogP contribution in [-0.4, -0.2) is 23.7 Å². The molecule has 1 aliphatic carbocycles. The number of halogens is 1. The van der Waals surface area contributed by atoms with Crippen molar-refractivity contribution in [3.05, 3.63) is 107 Å². The minimum Gasteiger partial charge on any atom is -0.384 e. The third-order valence-electron chi connectivity index (χ3n) is 5.96. The van der Waals surface area contributed by atoms with E-state index in [9.17, 15) is 4.39 Å². The van der Waals surface area contributed by atoms with Gasteiger partial charge in [0.1, 0.15) is 5.82 Å². The maximum atomic E-state index is 13.5. The molecule has 0 fully saturated rings. The molecule has 32 heavy (non-hydrogen) atoms. The van der Waals surface area contributed by atoms with Crippen molar-refractivity contribution in [2.75, 3.05) is 19.0 Å². The molecule has 0 radical (unpaired) electrons. The molecule has 3 aromatic carbocycles. The van der Waals surface area contributed by atoms with Crippen LogP contribution in [0.15, 0.2) is 79.0 Å². The molecule has 5 heteroatoms. The standard InChI is InChI=1S/C27H24FN3O/c1-32-15-14-18-6-12-22(13-7-18)30-27-29-17-20-16-25(19-8-10-21(28)11-9-19)23-4-2-3-5-24(23)26(20)31-27/h2-13,17,25H,14-16H2,1H3,(H,29,30,31). The van der Waals surface area contributed by atoms with Gasteiger partial charge in [-0.05, 0) is 59.4 Å². The van der Waals surface area contributed by atoms with Crippen LogP contribution in [0.5, 0.6) is 0 Å². The van der Waals surface area contributed by atoms with Crippen molar-refractivity contribution in [3.63, 3.8) is 0 Å². The van der Waals surface area contributed by atoms with E-state index >= 15 is 0 Å². The van der Waals surface area contributed by atoms with Gasteiger partial charge in [-0.25, -0.2) is 14.4 Å². The summed E-state index contributed by atoms with van der Waals surface area (Å²) >= 11 is 0. The molecular weight excluding hydrogens is 401 g/mol. The fourth-order valence-electron chi connectivity index (χ4n) is 4.29. The van der Waals surface area contributed by atoms with Crippen LogP contribution in [0.2, 0.25) is 0 Å². The smallest absolute Gasteiger partial charge is 0.227 e. The third-order valence-corrected chi connectivity index (χ3v) is 5.96. The quantitative estimate of drug-likeness (QED) is 0.418. The largest absolute Gasteiger partial charge is 0.384 e. The second-order valence-corrected chi connectivity index (χ2v) is 8.03. The van der Waals surface area contributed by atoms with Gasteiger partial charge in [0.05, 0.1) is 12.3 Å². The van der Waals surface area contributed by atoms with Gasteiger partial charge in [-0.1, -0.05) is 48.5 Å². The van der Waals surface area contributed by atoms with Crippen molar-refractivity contribution in [1.29, 1.82) is 0 Å². The molecule has 0 saturated carbocycles. The zero-order valence-corrected chi connectivity index (χ0v) is 17.9. The van der Waals surface area contributed by atoms with Gasteiger partial charge >= 0.3 is 0 Å². The van der Waals surface area contributed by atoms with Crippen LogP contribution < -0.4 is 5.32 Å². The van der Waals surface area contributed by atoms with Crippen molar-refractivity contribution >= 4 is 11.6 Å². The van der Waals surface area contributed by atoms with Crippen LogP contribution in [0.3, 0.4) is 0 Å². The summed E-state index contributed by atoms with van der Waals surface area (Å²) in [5.41, 5.74) is 7.62. The number of ether oxygens (including phenoxy) is 1. The molecule has 0 aliphatic heterocycles. The van der Waals surface area contributed by atoms with Crippen molar-refractivity contribution in [1.82, 2.24) is 9.97 Å². The summed E-state index contributed by atoms with van der Waals surface area (Å²) in [4.78, 5) is 9.43. The number of methoxy groups -OCH3 is 1. The lowest BCUT2D eigenvalue weighted by Crippen LogP contribution is -2.15. The summed E-state index contributed by atoms with van der Waals surface area (Å²) in [7, 11) is 1.71. The first-order valence-electron chi connectivity index (χ1n) is 10.8. The highest BCUT2D eigenvalue weighted by Crippen LogP contribution is 2.41. The zero-order chi connectivity index (χ0) is 21.9. The summed E-state index contributed by atoms with van der Waals surface area (Å²) in [6.07, 6.45) is 3.58. The lowest BCUT2D eigenvalue weighted by Gasteiger charge is -2.27. The Morgan fingerprint density at radius 2 is 1.78 bits per heavy atom. The predicted octanol–water partition coefficient (Wildman–Crippen LogP) is 5.90. The third kappa shape index (κ3) is 4.12. The number of fused-ring (bicyclic) bond motifs is 3. The van der Waals surface area contributed by atoms with E-state index in [-0.39, 0.29) is 11.7 Å². The van der Waals surface area contributed by atoms with Gasteiger partial charge in [-0.3, -0.25) is 0 Å². The molecule has 4 nitrogen and oxygen atoms in total. The number of rotatable bonds is 6. The molecule has 160 valence electrons. The predicted molar refractivity (Wildman–Crippen MR) is 125 cm³/mol. The number of nitrogens with zero attached hydrogens (tertiary/aromatic N) is 2. The minimum atomic E-state index is -0.218. The van der Waals surface area contributed by atoms with Gasteiger partial charge in [0.2, 0.25) is 5.95 Å². The van der Waals surface area contributed by atoms with Gasteiger partial charge in [-0.15, -0.1) is 0 Å². The molecule has 4 aromatic rings. The highest BCUT2D eigenvalue weighted by atomic mass is 19.1. The Balaban J connectivity index is 1.43. The fraction of sp³-hybridized carbons (Fsp3) is 0.185. The van der Waals surface area contributed by atoms with Crippen molar-refractivity contribution in [2.24, 2.45) is 0 Å². The van der Waals surface area contributed by atoms with E-state index in [1.165, 1.54) is 23.3 Å². The molecule has 1 unspecified atom stereocenters. The first kappa shape index (κ1) is 20.3. The van der Waals surface area contributed by atoms with E-state index in [0.717, 1.165) is 40.9 Å². The minimum absolute atomic E-state index is 0.154. The van der Waals surface area contributed by atoms with Crippen LogP contribution in [0.1, 0.15) is 28.2 Å². The Kier molecular flexibility index (Phi) is 5.65. The molecule has 5 rings (SSSR count). The summed E-state index contributed by atoms with van der Waals surface area (Å²) in [5, 5.41) is 3.32. The zero-order valence-electron chi connectivity index (χ0n) is 17.9. The van der Waals surface area contributed by atoms with Gasteiger partial charge in [0.25, 0.3) is 0 Å². The molecule has 0 saturated heterocycles. The number of benzene rings is 3. The van der Waals surface area contributed by atoms with E-state index in [0.29, 0.717) is 12.6 Å². The summed E-state index contributed by atoms with van der Waals surface area (Å²) < 4.78 is 18.6. The van der Waals surface area contributed by atoms with E-state index < -0.39 is 0 Å². The van der Waals surface area contributed by atoms with E-state index in [4.69, 9.17) is 9.72 Å². The van der Waals surface area contributed by atoms with Crippen molar-refractivity contribution in [3.8, 4) is 11.3 Å². The van der Waals surface area contributed by atoms with Gasteiger partial charge in [-0.2, -0.15) is 0 Å². The topological polar surface area (TPSA) is 47.0 Å². The van der Waals surface area contributed by atoms with Gasteiger partial charge in [0, 0.05) is 30.5 Å². The summed E-state index contributed by atoms with van der Waals surface area (Å²) in [6, 6.07) is 23.4. The molecule has 1 aromatic heterocycles. The Bertz CT molecular complexity index is 1220. The van der Waals surface area contributed by atoms with Crippen molar-refractivity contribution in [2.45, 2.75) is 18.8 Å². The second-order valence-electron chi connectivity index (χ2n) is 8.03. The Morgan fingerprint density at radius 1 is 1.00 bits per heavy atom. The Morgan fingerprint density at radius 3 is 2.56 bits per heavy atom. The Hall–Kier alpha value is -3.57. The molecule has 0 amide bonds. The number of nitrogens with one attached hydrogen (secondary N) is 1. The Labute approximate surface area is 187 Å². The monoisotopic (exact) mass is 425 g/mol. The SMILES string of the molecule is COCCc1ccc(Nc2ncc3c(n2)-c2ccccc2C(c2ccc(F)cc2)C3)cc1. The summed E-state index contributed by atoms with van der Waals surface area (Å²) in [5.74, 6) is 0.508.